The number of aryl methyl sites for hydroxylation is 2. The lowest BCUT2D eigenvalue weighted by molar-refractivity contribution is 0.602. The van der Waals surface area contributed by atoms with Crippen LogP contribution in [0.5, 0.6) is 0 Å². The van der Waals surface area contributed by atoms with E-state index in [4.69, 9.17) is 23.2 Å². The van der Waals surface area contributed by atoms with Gasteiger partial charge in [0.05, 0.1) is 16.2 Å². The normalized spacial score (nSPS) is 11.9. The lowest BCUT2D eigenvalue weighted by atomic mass is 10.2. The monoisotopic (exact) mass is 386 g/mol. The first kappa shape index (κ1) is 17.1. The summed E-state index contributed by atoms with van der Waals surface area (Å²) >= 11 is 11.8. The number of hydrogen-bond acceptors (Lipinski definition) is 2. The summed E-state index contributed by atoms with van der Waals surface area (Å²) in [6, 6.07) is 5.70. The van der Waals surface area contributed by atoms with Gasteiger partial charge in [0.2, 0.25) is 0 Å². The average molecular weight is 387 g/mol. The van der Waals surface area contributed by atoms with Gasteiger partial charge in [-0.15, -0.1) is 0 Å². The minimum Gasteiger partial charge on any atom is -0.360 e. The van der Waals surface area contributed by atoms with E-state index in [2.05, 4.69) is 9.71 Å². The molecule has 0 unspecified atom stereocenters. The number of hydrogen-bond donors (Lipinski definition) is 2. The summed E-state index contributed by atoms with van der Waals surface area (Å²) in [5, 5.41) is 0.987. The van der Waals surface area contributed by atoms with E-state index in [0.29, 0.717) is 21.5 Å². The Kier molecular flexibility index (Phi) is 4.23. The largest absolute Gasteiger partial charge is 0.360 e. The molecule has 2 N–H and O–H groups in total. The molecule has 3 rings (SSSR count). The molecule has 24 heavy (non-hydrogen) atoms. The van der Waals surface area contributed by atoms with Crippen molar-refractivity contribution in [3.05, 3.63) is 57.5 Å². The van der Waals surface area contributed by atoms with Crippen molar-refractivity contribution in [3.63, 3.8) is 0 Å². The van der Waals surface area contributed by atoms with Gasteiger partial charge < -0.3 is 4.98 Å². The molecule has 1 aromatic heterocycles. The van der Waals surface area contributed by atoms with Gasteiger partial charge in [-0.1, -0.05) is 23.2 Å². The van der Waals surface area contributed by atoms with Gasteiger partial charge in [-0.3, -0.25) is 4.72 Å². The number of aromatic amines is 1. The van der Waals surface area contributed by atoms with Crippen LogP contribution in [-0.4, -0.2) is 13.4 Å². The zero-order chi connectivity index (χ0) is 17.6. The van der Waals surface area contributed by atoms with Crippen LogP contribution in [-0.2, 0) is 10.0 Å². The second-order valence-electron chi connectivity index (χ2n) is 5.43. The fraction of sp³-hybridized carbons (Fsp3) is 0.125. The van der Waals surface area contributed by atoms with E-state index in [-0.39, 0.29) is 15.6 Å². The molecular formula is C16H13Cl2FN2O2S. The molecule has 0 radical (unpaired) electrons. The van der Waals surface area contributed by atoms with Crippen LogP contribution in [0.25, 0.3) is 10.9 Å². The summed E-state index contributed by atoms with van der Waals surface area (Å²) in [6.07, 6.45) is 1.39. The minimum atomic E-state index is -3.91. The Morgan fingerprint density at radius 2 is 1.83 bits per heavy atom. The Balaban J connectivity index is 2.09. The van der Waals surface area contributed by atoms with Crippen molar-refractivity contribution in [1.29, 1.82) is 0 Å². The van der Waals surface area contributed by atoms with Gasteiger partial charge in [-0.2, -0.15) is 0 Å². The van der Waals surface area contributed by atoms with Crippen molar-refractivity contribution in [2.45, 2.75) is 18.7 Å². The number of halogens is 3. The van der Waals surface area contributed by atoms with E-state index < -0.39 is 15.8 Å². The highest BCUT2D eigenvalue weighted by Crippen LogP contribution is 2.31. The van der Waals surface area contributed by atoms with Crippen molar-refractivity contribution in [3.8, 4) is 0 Å². The molecule has 0 aliphatic rings. The second-order valence-corrected chi connectivity index (χ2v) is 7.90. The molecule has 0 atom stereocenters. The molecule has 0 spiro atoms. The summed E-state index contributed by atoms with van der Waals surface area (Å²) in [5.74, 6) is -0.693. The Morgan fingerprint density at radius 3 is 2.54 bits per heavy atom. The van der Waals surface area contributed by atoms with Gasteiger partial charge in [-0.25, -0.2) is 12.8 Å². The molecule has 0 aliphatic carbocycles. The quantitative estimate of drug-likeness (QED) is 0.662. The summed E-state index contributed by atoms with van der Waals surface area (Å²) in [5.41, 5.74) is 2.05. The fourth-order valence-electron chi connectivity index (χ4n) is 2.47. The number of benzene rings is 2. The third-order valence-electron chi connectivity index (χ3n) is 3.81. The van der Waals surface area contributed by atoms with E-state index >= 15 is 0 Å². The molecule has 0 amide bonds. The highest BCUT2D eigenvalue weighted by atomic mass is 35.5. The Hall–Kier alpha value is -1.76. The number of fused-ring (bicyclic) bond motifs is 1. The highest BCUT2D eigenvalue weighted by molar-refractivity contribution is 7.93. The number of rotatable bonds is 3. The molecule has 126 valence electrons. The maximum absolute atomic E-state index is 13.6. The zero-order valence-corrected chi connectivity index (χ0v) is 15.1. The summed E-state index contributed by atoms with van der Waals surface area (Å²) in [6.45, 7) is 3.44. The Bertz CT molecular complexity index is 1060. The number of H-pyrrole nitrogens is 1. The zero-order valence-electron chi connectivity index (χ0n) is 12.7. The molecule has 0 fully saturated rings. The molecule has 3 aromatic rings. The number of sulfonamides is 1. The van der Waals surface area contributed by atoms with Crippen LogP contribution in [0.3, 0.4) is 0 Å². The predicted octanol–water partition coefficient (Wildman–Crippen LogP) is 5.03. The van der Waals surface area contributed by atoms with Crippen molar-refractivity contribution in [1.82, 2.24) is 4.98 Å². The van der Waals surface area contributed by atoms with Crippen molar-refractivity contribution in [2.24, 2.45) is 0 Å². The molecule has 0 bridgehead atoms. The van der Waals surface area contributed by atoms with Gasteiger partial charge in [0.25, 0.3) is 10.0 Å². The van der Waals surface area contributed by atoms with E-state index in [9.17, 15) is 12.8 Å². The number of aromatic nitrogens is 1. The van der Waals surface area contributed by atoms with Gasteiger partial charge in [-0.05, 0) is 49.2 Å². The van der Waals surface area contributed by atoms with Crippen molar-refractivity contribution >= 4 is 49.8 Å². The van der Waals surface area contributed by atoms with Crippen LogP contribution < -0.4 is 4.72 Å². The van der Waals surface area contributed by atoms with E-state index in [1.165, 1.54) is 12.3 Å². The highest BCUT2D eigenvalue weighted by Gasteiger charge is 2.21. The first-order valence-corrected chi connectivity index (χ1v) is 9.19. The smallest absolute Gasteiger partial charge is 0.264 e. The molecule has 0 saturated carbocycles. The summed E-state index contributed by atoms with van der Waals surface area (Å²) < 4.78 is 41.4. The average Bonchev–Trinajstić information content (AvgIpc) is 2.94. The van der Waals surface area contributed by atoms with Gasteiger partial charge in [0.1, 0.15) is 10.7 Å². The van der Waals surface area contributed by atoms with E-state index in [1.54, 1.807) is 26.0 Å². The van der Waals surface area contributed by atoms with Gasteiger partial charge >= 0.3 is 0 Å². The molecule has 0 saturated heterocycles. The maximum Gasteiger partial charge on any atom is 0.264 e. The number of nitrogens with one attached hydrogen (secondary N) is 2. The van der Waals surface area contributed by atoms with Gasteiger partial charge in [0, 0.05) is 16.6 Å². The molecule has 0 aliphatic heterocycles. The van der Waals surface area contributed by atoms with Crippen LogP contribution in [0, 0.1) is 19.7 Å². The van der Waals surface area contributed by atoms with Crippen LogP contribution in [0.15, 0.2) is 35.4 Å². The Morgan fingerprint density at radius 1 is 1.12 bits per heavy atom. The first-order valence-electron chi connectivity index (χ1n) is 6.95. The molecule has 4 nitrogen and oxygen atoms in total. The van der Waals surface area contributed by atoms with Crippen LogP contribution in [0.2, 0.25) is 10.0 Å². The predicted molar refractivity (Wildman–Crippen MR) is 95.0 cm³/mol. The first-order chi connectivity index (χ1) is 11.2. The topological polar surface area (TPSA) is 62.0 Å². The third kappa shape index (κ3) is 2.85. The SMILES string of the molecule is Cc1cc(Cl)c(F)cc1NS(=O)(=O)c1c[nH]c2c(C)c(Cl)ccc12. The molecular weight excluding hydrogens is 374 g/mol. The molecule has 8 heteroatoms. The van der Waals surface area contributed by atoms with Crippen molar-refractivity contribution in [2.75, 3.05) is 4.72 Å². The van der Waals surface area contributed by atoms with E-state index in [1.807, 2.05) is 0 Å². The lowest BCUT2D eigenvalue weighted by Crippen LogP contribution is -2.13. The fourth-order valence-corrected chi connectivity index (χ4v) is 4.14. The standard InChI is InChI=1S/C16H13Cl2FN2O2S/c1-8-5-12(18)13(19)6-14(8)21-24(22,23)15-7-20-16-9(2)11(17)4-3-10(15)16/h3-7,20-21H,1-2H3. The second kappa shape index (κ2) is 5.95. The summed E-state index contributed by atoms with van der Waals surface area (Å²) in [7, 11) is -3.91. The van der Waals surface area contributed by atoms with E-state index in [0.717, 1.165) is 11.6 Å². The molecule has 2 aromatic carbocycles. The van der Waals surface area contributed by atoms with Crippen LogP contribution in [0.4, 0.5) is 10.1 Å². The van der Waals surface area contributed by atoms with Crippen LogP contribution >= 0.6 is 23.2 Å². The lowest BCUT2D eigenvalue weighted by Gasteiger charge is -2.11. The third-order valence-corrected chi connectivity index (χ3v) is 5.92. The minimum absolute atomic E-state index is 0.0621. The van der Waals surface area contributed by atoms with Crippen molar-refractivity contribution < 1.29 is 12.8 Å². The van der Waals surface area contributed by atoms with Crippen LogP contribution in [0.1, 0.15) is 11.1 Å². The molecule has 1 heterocycles. The maximum atomic E-state index is 13.6. The van der Waals surface area contributed by atoms with Gasteiger partial charge in [0.15, 0.2) is 0 Å². The number of anilines is 1. The Labute approximate surface area is 148 Å². The summed E-state index contributed by atoms with van der Waals surface area (Å²) in [4.78, 5) is 2.99.